The quantitative estimate of drug-likeness (QED) is 0.588. The van der Waals surface area contributed by atoms with E-state index in [0.717, 1.165) is 10.7 Å². The molecule has 0 unspecified atom stereocenters. The molecule has 2 aliphatic heterocycles. The van der Waals surface area contributed by atoms with Crippen LogP contribution in [0.4, 0.5) is 18.0 Å². The highest BCUT2D eigenvalue weighted by atomic mass is 19.2. The Hall–Kier alpha value is -3.41. The summed E-state index contributed by atoms with van der Waals surface area (Å²) in [6.07, 6.45) is 1.59. The lowest BCUT2D eigenvalue weighted by Crippen LogP contribution is -2.58. The molecular weight excluding hydrogens is 501 g/mol. The van der Waals surface area contributed by atoms with Crippen molar-refractivity contribution < 1.29 is 27.6 Å². The Morgan fingerprint density at radius 1 is 1.08 bits per heavy atom. The van der Waals surface area contributed by atoms with Crippen LogP contribution in [0.25, 0.3) is 11.3 Å². The van der Waals surface area contributed by atoms with Gasteiger partial charge in [0.15, 0.2) is 11.6 Å². The van der Waals surface area contributed by atoms with Gasteiger partial charge in [0.05, 0.1) is 5.69 Å². The van der Waals surface area contributed by atoms with E-state index in [1.807, 2.05) is 11.9 Å². The van der Waals surface area contributed by atoms with Gasteiger partial charge in [-0.05, 0) is 31.4 Å². The largest absolute Gasteiger partial charge is 0.357 e. The SMILES string of the molecule is CNC(=O)[C@H]1CCCN1C(=O)[C@@H](NC(=O)n1nc(-c2cc(F)c(F)cc2F)c2c1CCN(C)C2)C(C)(C)C. The van der Waals surface area contributed by atoms with Gasteiger partial charge in [0.2, 0.25) is 11.8 Å². The second kappa shape index (κ2) is 10.4. The van der Waals surface area contributed by atoms with E-state index < -0.39 is 41.0 Å². The molecule has 0 radical (unpaired) electrons. The fourth-order valence-electron chi connectivity index (χ4n) is 5.11. The summed E-state index contributed by atoms with van der Waals surface area (Å²) < 4.78 is 43.4. The fraction of sp³-hybridized carbons (Fsp3) is 0.538. The van der Waals surface area contributed by atoms with Crippen molar-refractivity contribution in [3.8, 4) is 11.3 Å². The van der Waals surface area contributed by atoms with Crippen molar-refractivity contribution in [1.29, 1.82) is 0 Å². The number of hydrogen-bond donors (Lipinski definition) is 2. The van der Waals surface area contributed by atoms with E-state index in [1.165, 1.54) is 11.9 Å². The lowest BCUT2D eigenvalue weighted by atomic mass is 9.85. The van der Waals surface area contributed by atoms with Crippen molar-refractivity contribution in [3.63, 3.8) is 0 Å². The Labute approximate surface area is 219 Å². The van der Waals surface area contributed by atoms with E-state index in [-0.39, 0.29) is 23.1 Å². The Bertz CT molecular complexity index is 1270. The number of carbonyl (C=O) groups excluding carboxylic acids is 3. The van der Waals surface area contributed by atoms with Crippen LogP contribution < -0.4 is 10.6 Å². The van der Waals surface area contributed by atoms with Gasteiger partial charge in [-0.3, -0.25) is 9.59 Å². The molecule has 3 amide bonds. The van der Waals surface area contributed by atoms with Gasteiger partial charge in [0.1, 0.15) is 23.6 Å². The number of nitrogens with one attached hydrogen (secondary N) is 2. The first-order valence-electron chi connectivity index (χ1n) is 12.6. The van der Waals surface area contributed by atoms with Crippen molar-refractivity contribution in [1.82, 2.24) is 30.2 Å². The van der Waals surface area contributed by atoms with Crippen LogP contribution >= 0.6 is 0 Å². The van der Waals surface area contributed by atoms with Crippen LogP contribution in [0.15, 0.2) is 12.1 Å². The van der Waals surface area contributed by atoms with Crippen LogP contribution in [0.1, 0.15) is 44.9 Å². The van der Waals surface area contributed by atoms with Gasteiger partial charge < -0.3 is 20.4 Å². The summed E-state index contributed by atoms with van der Waals surface area (Å²) in [5, 5.41) is 9.71. The molecule has 2 atom stereocenters. The average Bonchev–Trinajstić information content (AvgIpc) is 3.48. The number of likely N-dealkylation sites (tertiary alicyclic amines) is 1. The molecule has 3 heterocycles. The monoisotopic (exact) mass is 534 g/mol. The minimum Gasteiger partial charge on any atom is -0.357 e. The van der Waals surface area contributed by atoms with Crippen molar-refractivity contribution in [3.05, 3.63) is 40.8 Å². The van der Waals surface area contributed by atoms with E-state index in [1.54, 1.807) is 20.8 Å². The molecule has 206 valence electrons. The first-order chi connectivity index (χ1) is 17.8. The molecule has 1 aromatic carbocycles. The summed E-state index contributed by atoms with van der Waals surface area (Å²) in [5.74, 6) is -4.20. The maximum absolute atomic E-state index is 14.7. The number of carbonyl (C=O) groups is 3. The molecule has 0 aliphatic carbocycles. The molecule has 0 bridgehead atoms. The second-order valence-corrected chi connectivity index (χ2v) is 11.0. The second-order valence-electron chi connectivity index (χ2n) is 11.0. The predicted molar refractivity (Wildman–Crippen MR) is 134 cm³/mol. The predicted octanol–water partition coefficient (Wildman–Crippen LogP) is 2.66. The van der Waals surface area contributed by atoms with Crippen molar-refractivity contribution >= 4 is 17.8 Å². The Morgan fingerprint density at radius 3 is 2.42 bits per heavy atom. The van der Waals surface area contributed by atoms with Crippen molar-refractivity contribution in [2.45, 2.75) is 58.7 Å². The highest BCUT2D eigenvalue weighted by molar-refractivity contribution is 5.93. The van der Waals surface area contributed by atoms with Gasteiger partial charge in [-0.1, -0.05) is 20.8 Å². The first-order valence-corrected chi connectivity index (χ1v) is 12.6. The molecule has 1 fully saturated rings. The number of nitrogens with zero attached hydrogens (tertiary/aromatic N) is 4. The third-order valence-corrected chi connectivity index (χ3v) is 7.17. The van der Waals surface area contributed by atoms with Crippen LogP contribution in [-0.2, 0) is 22.6 Å². The van der Waals surface area contributed by atoms with Gasteiger partial charge in [-0.25, -0.2) is 18.0 Å². The van der Waals surface area contributed by atoms with Gasteiger partial charge in [0.25, 0.3) is 0 Å². The summed E-state index contributed by atoms with van der Waals surface area (Å²) in [5.41, 5.74) is 0.0956. The van der Waals surface area contributed by atoms with Crippen LogP contribution in [0.3, 0.4) is 0 Å². The molecule has 2 N–H and O–H groups in total. The number of amides is 3. The van der Waals surface area contributed by atoms with Gasteiger partial charge in [0, 0.05) is 50.3 Å². The molecule has 1 saturated heterocycles. The molecule has 9 nitrogen and oxygen atoms in total. The first kappa shape index (κ1) is 27.6. The normalized spacial score (nSPS) is 18.7. The Balaban J connectivity index is 1.71. The summed E-state index contributed by atoms with van der Waals surface area (Å²) >= 11 is 0. The highest BCUT2D eigenvalue weighted by Gasteiger charge is 2.42. The highest BCUT2D eigenvalue weighted by Crippen LogP contribution is 2.33. The van der Waals surface area contributed by atoms with E-state index >= 15 is 0 Å². The van der Waals surface area contributed by atoms with E-state index in [0.29, 0.717) is 56.2 Å². The van der Waals surface area contributed by atoms with Crippen molar-refractivity contribution in [2.24, 2.45) is 5.41 Å². The zero-order chi connectivity index (χ0) is 27.9. The number of benzene rings is 1. The van der Waals surface area contributed by atoms with Gasteiger partial charge >= 0.3 is 6.03 Å². The van der Waals surface area contributed by atoms with E-state index in [2.05, 4.69) is 15.7 Å². The third kappa shape index (κ3) is 5.13. The van der Waals surface area contributed by atoms with Gasteiger partial charge in [-0.15, -0.1) is 0 Å². The summed E-state index contributed by atoms with van der Waals surface area (Å²) in [6, 6.07) is -1.13. The fourth-order valence-corrected chi connectivity index (χ4v) is 5.11. The number of aromatic nitrogens is 2. The van der Waals surface area contributed by atoms with Crippen LogP contribution in [-0.4, -0.2) is 76.7 Å². The van der Waals surface area contributed by atoms with Crippen molar-refractivity contribution in [2.75, 3.05) is 27.2 Å². The molecular formula is C26H33F3N6O3. The van der Waals surface area contributed by atoms with Crippen LogP contribution in [0, 0.1) is 22.9 Å². The molecule has 4 rings (SSSR count). The number of rotatable bonds is 4. The zero-order valence-corrected chi connectivity index (χ0v) is 22.2. The minimum atomic E-state index is -1.32. The molecule has 0 spiro atoms. The maximum atomic E-state index is 14.7. The summed E-state index contributed by atoms with van der Waals surface area (Å²) in [7, 11) is 3.36. The third-order valence-electron chi connectivity index (χ3n) is 7.17. The molecule has 2 aromatic rings. The molecule has 1 aromatic heterocycles. The van der Waals surface area contributed by atoms with E-state index in [4.69, 9.17) is 0 Å². The van der Waals surface area contributed by atoms with Crippen LogP contribution in [0.5, 0.6) is 0 Å². The lowest BCUT2D eigenvalue weighted by Gasteiger charge is -2.35. The topological polar surface area (TPSA) is 99.6 Å². The zero-order valence-electron chi connectivity index (χ0n) is 22.2. The van der Waals surface area contributed by atoms with Gasteiger partial charge in [-0.2, -0.15) is 9.78 Å². The number of fused-ring (bicyclic) bond motifs is 1. The molecule has 0 saturated carbocycles. The molecule has 12 heteroatoms. The standard InChI is InChI=1S/C26H33F3N6O3/c1-26(2,3)22(24(37)34-9-6-7-20(34)23(36)30-4)31-25(38)35-19-8-10-33(5)13-15(19)21(32-35)14-11-17(28)18(29)12-16(14)27/h11-12,20,22H,6-10,13H2,1-5H3,(H,30,36)(H,31,38)/t20-,22-/m1/s1. The Morgan fingerprint density at radius 2 is 1.76 bits per heavy atom. The average molecular weight is 535 g/mol. The number of halogens is 3. The number of hydrogen-bond acceptors (Lipinski definition) is 5. The summed E-state index contributed by atoms with van der Waals surface area (Å²) in [4.78, 5) is 43.0. The Kier molecular flexibility index (Phi) is 7.55. The summed E-state index contributed by atoms with van der Waals surface area (Å²) in [6.45, 7) is 6.71. The minimum absolute atomic E-state index is 0.0379. The smallest absolute Gasteiger partial charge is 0.343 e. The number of likely N-dealkylation sites (N-methyl/N-ethyl adjacent to an activating group) is 2. The van der Waals surface area contributed by atoms with Crippen LogP contribution in [0.2, 0.25) is 0 Å². The maximum Gasteiger partial charge on any atom is 0.343 e. The lowest BCUT2D eigenvalue weighted by molar-refractivity contribution is -0.141. The van der Waals surface area contributed by atoms with E-state index in [9.17, 15) is 27.6 Å². The molecule has 2 aliphatic rings. The molecule has 38 heavy (non-hydrogen) atoms.